The molecule has 1 fully saturated rings. The minimum Gasteiger partial charge on any atom is -0.497 e. The summed E-state index contributed by atoms with van der Waals surface area (Å²) in [5.74, 6) is 1.79. The standard InChI is InChI=1S/C38H41ClO5/c1-4-33-25(2)35(42-23-27-11-7-5-8-12-27)38(43-24-28-13-9-6-10-14-28)37(44-33)32-22-29(34(39)31-19-20-41-36(31)32)21-26-15-17-30(40-3)18-16-26/h5-18,22,25,33,35,37-38H,4,19-21,23-24H2,1-3H3/t25-,33-,35+,37?,38-/m1/s1. The van der Waals surface area contributed by atoms with Crippen LogP contribution in [0.5, 0.6) is 11.5 Å². The first-order valence-corrected chi connectivity index (χ1v) is 16.0. The Hall–Kier alpha value is -3.35. The van der Waals surface area contributed by atoms with Crippen LogP contribution in [-0.4, -0.2) is 32.0 Å². The Morgan fingerprint density at radius 2 is 1.45 bits per heavy atom. The van der Waals surface area contributed by atoms with Crippen LogP contribution >= 0.6 is 11.6 Å². The summed E-state index contributed by atoms with van der Waals surface area (Å²) in [4.78, 5) is 0. The molecule has 1 saturated heterocycles. The lowest BCUT2D eigenvalue weighted by molar-refractivity contribution is -0.235. The molecule has 0 amide bonds. The zero-order chi connectivity index (χ0) is 30.5. The molecule has 5 nitrogen and oxygen atoms in total. The number of rotatable bonds is 11. The summed E-state index contributed by atoms with van der Waals surface area (Å²) in [5, 5.41) is 0.770. The van der Waals surface area contributed by atoms with Crippen LogP contribution in [-0.2, 0) is 40.3 Å². The van der Waals surface area contributed by atoms with Crippen molar-refractivity contribution in [2.45, 2.75) is 70.7 Å². The van der Waals surface area contributed by atoms with Gasteiger partial charge in [0.1, 0.15) is 23.7 Å². The number of halogens is 1. The van der Waals surface area contributed by atoms with Gasteiger partial charge in [0.2, 0.25) is 0 Å². The molecule has 6 heteroatoms. The fourth-order valence-corrected chi connectivity index (χ4v) is 6.79. The van der Waals surface area contributed by atoms with E-state index in [0.717, 1.165) is 62.7 Å². The van der Waals surface area contributed by atoms with Crippen molar-refractivity contribution in [3.8, 4) is 11.5 Å². The van der Waals surface area contributed by atoms with Crippen LogP contribution in [0, 0.1) is 5.92 Å². The Balaban J connectivity index is 1.39. The lowest BCUT2D eigenvalue weighted by Crippen LogP contribution is -2.51. The molecule has 44 heavy (non-hydrogen) atoms. The van der Waals surface area contributed by atoms with Gasteiger partial charge in [-0.05, 0) is 53.3 Å². The molecule has 0 spiro atoms. The minimum absolute atomic E-state index is 0.00452. The van der Waals surface area contributed by atoms with E-state index < -0.39 is 0 Å². The molecule has 0 N–H and O–H groups in total. The number of methoxy groups -OCH3 is 1. The van der Waals surface area contributed by atoms with Gasteiger partial charge in [0, 0.05) is 23.5 Å². The Labute approximate surface area is 266 Å². The van der Waals surface area contributed by atoms with Crippen molar-refractivity contribution in [1.29, 1.82) is 0 Å². The number of ether oxygens (including phenoxy) is 5. The van der Waals surface area contributed by atoms with E-state index in [2.05, 4.69) is 56.3 Å². The third-order valence-electron chi connectivity index (χ3n) is 8.89. The van der Waals surface area contributed by atoms with Gasteiger partial charge in [-0.15, -0.1) is 0 Å². The third kappa shape index (κ3) is 6.67. The number of hydrogen-bond donors (Lipinski definition) is 0. The molecule has 5 atom stereocenters. The molecule has 4 aromatic rings. The summed E-state index contributed by atoms with van der Waals surface area (Å²) in [6, 6.07) is 30.9. The molecule has 6 rings (SSSR count). The van der Waals surface area contributed by atoms with Crippen molar-refractivity contribution < 1.29 is 23.7 Å². The van der Waals surface area contributed by atoms with Crippen molar-refractivity contribution >= 4 is 11.6 Å². The number of hydrogen-bond acceptors (Lipinski definition) is 5. The third-order valence-corrected chi connectivity index (χ3v) is 9.36. The van der Waals surface area contributed by atoms with Gasteiger partial charge in [-0.25, -0.2) is 0 Å². The molecule has 2 heterocycles. The molecule has 0 aromatic heterocycles. The van der Waals surface area contributed by atoms with Crippen molar-refractivity contribution in [1.82, 2.24) is 0 Å². The first-order valence-electron chi connectivity index (χ1n) is 15.6. The fraction of sp³-hybridized carbons (Fsp3) is 0.368. The van der Waals surface area contributed by atoms with Crippen LogP contribution in [0.25, 0.3) is 0 Å². The molecule has 0 radical (unpaired) electrons. The van der Waals surface area contributed by atoms with Crippen LogP contribution in [0.1, 0.15) is 59.8 Å². The van der Waals surface area contributed by atoms with Gasteiger partial charge in [-0.1, -0.05) is 98.2 Å². The molecule has 230 valence electrons. The summed E-state index contributed by atoms with van der Waals surface area (Å²) in [6.45, 7) is 5.95. The molecular formula is C38H41ClO5. The van der Waals surface area contributed by atoms with Gasteiger partial charge in [-0.2, -0.15) is 0 Å². The lowest BCUT2D eigenvalue weighted by Gasteiger charge is -2.46. The van der Waals surface area contributed by atoms with Crippen LogP contribution in [0.15, 0.2) is 91.0 Å². The highest BCUT2D eigenvalue weighted by Crippen LogP contribution is 2.47. The van der Waals surface area contributed by atoms with E-state index in [1.54, 1.807) is 7.11 Å². The highest BCUT2D eigenvalue weighted by molar-refractivity contribution is 6.32. The highest BCUT2D eigenvalue weighted by Gasteiger charge is 2.47. The van der Waals surface area contributed by atoms with Gasteiger partial charge in [0.25, 0.3) is 0 Å². The van der Waals surface area contributed by atoms with Crippen LogP contribution < -0.4 is 9.47 Å². The summed E-state index contributed by atoms with van der Waals surface area (Å²) >= 11 is 7.08. The normalized spacial score (nSPS) is 22.8. The largest absolute Gasteiger partial charge is 0.497 e. The van der Waals surface area contributed by atoms with E-state index in [0.29, 0.717) is 26.2 Å². The Kier molecular flexibility index (Phi) is 9.88. The second-order valence-corrected chi connectivity index (χ2v) is 12.1. The highest BCUT2D eigenvalue weighted by atomic mass is 35.5. The summed E-state index contributed by atoms with van der Waals surface area (Å²) in [5.41, 5.74) is 6.48. The van der Waals surface area contributed by atoms with E-state index in [-0.39, 0.29) is 30.3 Å². The number of benzene rings is 4. The Morgan fingerprint density at radius 3 is 2.07 bits per heavy atom. The van der Waals surface area contributed by atoms with Crippen LogP contribution in [0.3, 0.4) is 0 Å². The molecule has 2 aliphatic heterocycles. The van der Waals surface area contributed by atoms with Gasteiger partial charge in [-0.3, -0.25) is 0 Å². The second-order valence-electron chi connectivity index (χ2n) is 11.8. The van der Waals surface area contributed by atoms with Crippen LogP contribution in [0.4, 0.5) is 0 Å². The molecule has 2 aliphatic rings. The quantitative estimate of drug-likeness (QED) is 0.170. The molecular weight excluding hydrogens is 572 g/mol. The van der Waals surface area contributed by atoms with E-state index in [4.69, 9.17) is 35.3 Å². The average Bonchev–Trinajstić information content (AvgIpc) is 3.57. The first kappa shape index (κ1) is 30.7. The summed E-state index contributed by atoms with van der Waals surface area (Å²) in [7, 11) is 1.68. The summed E-state index contributed by atoms with van der Waals surface area (Å²) < 4.78 is 32.2. The summed E-state index contributed by atoms with van der Waals surface area (Å²) in [6.07, 6.45) is 1.37. The zero-order valence-corrected chi connectivity index (χ0v) is 26.5. The average molecular weight is 613 g/mol. The monoisotopic (exact) mass is 612 g/mol. The predicted molar refractivity (Wildman–Crippen MR) is 174 cm³/mol. The minimum atomic E-state index is -0.389. The molecule has 1 unspecified atom stereocenters. The van der Waals surface area contributed by atoms with Gasteiger partial charge in [0.05, 0.1) is 44.2 Å². The maximum absolute atomic E-state index is 7.08. The van der Waals surface area contributed by atoms with Gasteiger partial charge in [0.15, 0.2) is 0 Å². The number of fused-ring (bicyclic) bond motifs is 1. The predicted octanol–water partition coefficient (Wildman–Crippen LogP) is 8.53. The molecule has 0 bridgehead atoms. The molecule has 0 aliphatic carbocycles. The molecule has 4 aromatic carbocycles. The van der Waals surface area contributed by atoms with E-state index >= 15 is 0 Å². The smallest absolute Gasteiger partial charge is 0.130 e. The maximum Gasteiger partial charge on any atom is 0.130 e. The first-order chi connectivity index (χ1) is 21.6. The van der Waals surface area contributed by atoms with E-state index in [9.17, 15) is 0 Å². The van der Waals surface area contributed by atoms with Crippen molar-refractivity contribution in [2.75, 3.05) is 13.7 Å². The fourth-order valence-electron chi connectivity index (χ4n) is 6.49. The van der Waals surface area contributed by atoms with Crippen molar-refractivity contribution in [3.05, 3.63) is 129 Å². The molecule has 0 saturated carbocycles. The SMILES string of the molecule is CC[C@H]1OC(c2cc(Cc3ccc(OC)cc3)c(Cl)c3c2OCC3)[C@H](OCc2ccccc2)[C@@H](OCc2ccccc2)[C@@H]1C. The van der Waals surface area contributed by atoms with E-state index in [1.807, 2.05) is 48.5 Å². The van der Waals surface area contributed by atoms with Gasteiger partial charge >= 0.3 is 0 Å². The van der Waals surface area contributed by atoms with Crippen molar-refractivity contribution in [3.63, 3.8) is 0 Å². The van der Waals surface area contributed by atoms with Crippen LogP contribution in [0.2, 0.25) is 5.02 Å². The Bertz CT molecular complexity index is 1510. The van der Waals surface area contributed by atoms with Gasteiger partial charge < -0.3 is 23.7 Å². The second kappa shape index (κ2) is 14.2. The van der Waals surface area contributed by atoms with E-state index in [1.165, 1.54) is 0 Å². The van der Waals surface area contributed by atoms with Crippen molar-refractivity contribution in [2.24, 2.45) is 5.92 Å². The maximum atomic E-state index is 7.08. The zero-order valence-electron chi connectivity index (χ0n) is 25.7. The Morgan fingerprint density at radius 1 is 0.818 bits per heavy atom. The lowest BCUT2D eigenvalue weighted by atomic mass is 9.83. The topological polar surface area (TPSA) is 46.2 Å².